The van der Waals surface area contributed by atoms with Crippen LogP contribution in [0.2, 0.25) is 0 Å². The van der Waals surface area contributed by atoms with E-state index in [9.17, 15) is 8.42 Å². The quantitative estimate of drug-likeness (QED) is 0.775. The summed E-state index contributed by atoms with van der Waals surface area (Å²) in [6.45, 7) is 1.36. The fraction of sp³-hybridized carbons (Fsp3) is 0.500. The molecule has 1 atom stereocenters. The highest BCUT2D eigenvalue weighted by Gasteiger charge is 2.27. The number of hydrogen-bond donors (Lipinski definition) is 2. The first-order chi connectivity index (χ1) is 9.44. The number of nitrogens with one attached hydrogen (secondary N) is 2. The number of benzene rings is 1. The minimum atomic E-state index is -3.41. The van der Waals surface area contributed by atoms with Gasteiger partial charge in [0.15, 0.2) is 0 Å². The second-order valence-corrected chi connectivity index (χ2v) is 8.25. The first kappa shape index (κ1) is 16.1. The fourth-order valence-corrected chi connectivity index (χ4v) is 4.93. The van der Waals surface area contributed by atoms with Gasteiger partial charge in [-0.1, -0.05) is 0 Å². The van der Waals surface area contributed by atoms with Gasteiger partial charge in [0.2, 0.25) is 10.0 Å². The van der Waals surface area contributed by atoms with Crippen LogP contribution in [0.4, 0.5) is 5.69 Å². The summed E-state index contributed by atoms with van der Waals surface area (Å²) in [5.41, 5.74) is 0.482. The summed E-state index contributed by atoms with van der Waals surface area (Å²) in [7, 11) is -1.87. The molecule has 2 rings (SSSR count). The molecule has 1 unspecified atom stereocenters. The predicted octanol–water partition coefficient (Wildman–Crippen LogP) is 2.71. The van der Waals surface area contributed by atoms with E-state index in [-0.39, 0.29) is 0 Å². The van der Waals surface area contributed by atoms with Crippen molar-refractivity contribution in [1.82, 2.24) is 5.32 Å². The first-order valence-electron chi connectivity index (χ1n) is 6.19. The van der Waals surface area contributed by atoms with Crippen molar-refractivity contribution in [2.75, 3.05) is 24.9 Å². The number of halogens is 2. The van der Waals surface area contributed by atoms with Gasteiger partial charge in [-0.05, 0) is 57.3 Å². The molecule has 5 nitrogen and oxygen atoms in total. The average molecular weight is 428 g/mol. The molecule has 1 saturated heterocycles. The van der Waals surface area contributed by atoms with Crippen molar-refractivity contribution in [2.45, 2.75) is 18.1 Å². The molecule has 0 aliphatic carbocycles. The van der Waals surface area contributed by atoms with Gasteiger partial charge >= 0.3 is 0 Å². The molecule has 1 heterocycles. The lowest BCUT2D eigenvalue weighted by Crippen LogP contribution is -2.41. The Kier molecular flexibility index (Phi) is 5.33. The summed E-state index contributed by atoms with van der Waals surface area (Å²) in [6.07, 6.45) is 1.55. The molecule has 2 N–H and O–H groups in total. The van der Waals surface area contributed by atoms with Crippen molar-refractivity contribution in [3.05, 3.63) is 21.1 Å². The van der Waals surface area contributed by atoms with Crippen LogP contribution in [-0.2, 0) is 10.0 Å². The van der Waals surface area contributed by atoms with E-state index in [2.05, 4.69) is 41.9 Å². The number of piperidine rings is 1. The van der Waals surface area contributed by atoms with Gasteiger partial charge in [-0.15, -0.1) is 0 Å². The lowest BCUT2D eigenvalue weighted by atomic mass is 10.2. The molecule has 0 spiro atoms. The number of hydrogen-bond acceptors (Lipinski definition) is 4. The summed E-state index contributed by atoms with van der Waals surface area (Å²) < 4.78 is 34.0. The van der Waals surface area contributed by atoms with Crippen molar-refractivity contribution < 1.29 is 13.2 Å². The monoisotopic (exact) mass is 426 g/mol. The Hall–Kier alpha value is -0.310. The number of methoxy groups -OCH3 is 1. The zero-order chi connectivity index (χ0) is 14.8. The maximum atomic E-state index is 12.4. The predicted molar refractivity (Wildman–Crippen MR) is 86.8 cm³/mol. The smallest absolute Gasteiger partial charge is 0.236 e. The Morgan fingerprint density at radius 1 is 1.35 bits per heavy atom. The van der Waals surface area contributed by atoms with E-state index in [0.717, 1.165) is 17.4 Å². The van der Waals surface area contributed by atoms with Crippen LogP contribution in [0.15, 0.2) is 21.1 Å². The molecule has 1 aromatic carbocycles. The van der Waals surface area contributed by atoms with Crippen molar-refractivity contribution >= 4 is 47.6 Å². The SMILES string of the molecule is COc1cc(NS(=O)(=O)C2CCCNC2)c(Br)cc1Br. The van der Waals surface area contributed by atoms with E-state index in [1.165, 1.54) is 7.11 Å². The van der Waals surface area contributed by atoms with Crippen LogP contribution >= 0.6 is 31.9 Å². The van der Waals surface area contributed by atoms with Crippen LogP contribution in [0.3, 0.4) is 0 Å². The van der Waals surface area contributed by atoms with Gasteiger partial charge < -0.3 is 10.1 Å². The lowest BCUT2D eigenvalue weighted by molar-refractivity contribution is 0.412. The van der Waals surface area contributed by atoms with Crippen LogP contribution in [0.5, 0.6) is 5.75 Å². The normalized spacial score (nSPS) is 19.6. The third-order valence-corrected chi connectivity index (χ3v) is 6.24. The summed E-state index contributed by atoms with van der Waals surface area (Å²) in [5, 5.41) is 2.71. The standard InChI is InChI=1S/C12H16Br2N2O3S/c1-19-12-6-11(9(13)5-10(12)14)16-20(17,18)8-3-2-4-15-7-8/h5-6,8,15-16H,2-4,7H2,1H3. The van der Waals surface area contributed by atoms with E-state index in [0.29, 0.717) is 28.9 Å². The second-order valence-electron chi connectivity index (χ2n) is 4.58. The van der Waals surface area contributed by atoms with E-state index in [4.69, 9.17) is 4.74 Å². The molecule has 112 valence electrons. The Bertz CT molecular complexity index is 587. The molecule has 1 aromatic rings. The third kappa shape index (κ3) is 3.66. The van der Waals surface area contributed by atoms with Gasteiger partial charge in [0, 0.05) is 17.1 Å². The van der Waals surface area contributed by atoms with Gasteiger partial charge in [-0.3, -0.25) is 4.72 Å². The molecule has 0 saturated carbocycles. The van der Waals surface area contributed by atoms with Gasteiger partial charge in [-0.25, -0.2) is 8.42 Å². The third-order valence-electron chi connectivity index (χ3n) is 3.18. The van der Waals surface area contributed by atoms with Gasteiger partial charge in [0.05, 0.1) is 22.5 Å². The molecule has 0 bridgehead atoms. The Morgan fingerprint density at radius 2 is 2.10 bits per heavy atom. The maximum absolute atomic E-state index is 12.4. The molecule has 8 heteroatoms. The van der Waals surface area contributed by atoms with Crippen LogP contribution < -0.4 is 14.8 Å². The van der Waals surface area contributed by atoms with Crippen molar-refractivity contribution in [3.8, 4) is 5.75 Å². The highest BCUT2D eigenvalue weighted by Crippen LogP contribution is 2.35. The molecule has 0 amide bonds. The minimum absolute atomic E-state index is 0.405. The second kappa shape index (κ2) is 6.64. The molecule has 1 fully saturated rings. The molecule has 1 aliphatic heterocycles. The molecule has 0 aromatic heterocycles. The summed E-state index contributed by atoms with van der Waals surface area (Å²) in [5.74, 6) is 0.577. The summed E-state index contributed by atoms with van der Waals surface area (Å²) in [6, 6.07) is 3.41. The largest absolute Gasteiger partial charge is 0.495 e. The van der Waals surface area contributed by atoms with Crippen molar-refractivity contribution in [3.63, 3.8) is 0 Å². The Balaban J connectivity index is 2.24. The summed E-state index contributed by atoms with van der Waals surface area (Å²) in [4.78, 5) is 0. The molecule has 0 radical (unpaired) electrons. The maximum Gasteiger partial charge on any atom is 0.236 e. The molecule has 1 aliphatic rings. The van der Waals surface area contributed by atoms with Crippen LogP contribution in [-0.4, -0.2) is 33.9 Å². The van der Waals surface area contributed by atoms with Gasteiger partial charge in [0.25, 0.3) is 0 Å². The topological polar surface area (TPSA) is 67.4 Å². The van der Waals surface area contributed by atoms with E-state index >= 15 is 0 Å². The number of rotatable bonds is 4. The zero-order valence-electron chi connectivity index (χ0n) is 10.9. The Labute approximate surface area is 135 Å². The van der Waals surface area contributed by atoms with Crippen molar-refractivity contribution in [1.29, 1.82) is 0 Å². The fourth-order valence-electron chi connectivity index (χ4n) is 2.09. The van der Waals surface area contributed by atoms with Gasteiger partial charge in [-0.2, -0.15) is 0 Å². The van der Waals surface area contributed by atoms with E-state index < -0.39 is 15.3 Å². The van der Waals surface area contributed by atoms with Crippen LogP contribution in [0.25, 0.3) is 0 Å². The average Bonchev–Trinajstić information content (AvgIpc) is 2.43. The first-order valence-corrected chi connectivity index (χ1v) is 9.32. The minimum Gasteiger partial charge on any atom is -0.495 e. The highest BCUT2D eigenvalue weighted by atomic mass is 79.9. The highest BCUT2D eigenvalue weighted by molar-refractivity contribution is 9.11. The number of ether oxygens (including phenoxy) is 1. The van der Waals surface area contributed by atoms with E-state index in [1.807, 2.05) is 0 Å². The molecular formula is C12H16Br2N2O3S. The Morgan fingerprint density at radius 3 is 2.70 bits per heavy atom. The lowest BCUT2D eigenvalue weighted by Gasteiger charge is -2.24. The molecule has 20 heavy (non-hydrogen) atoms. The van der Waals surface area contributed by atoms with Crippen LogP contribution in [0.1, 0.15) is 12.8 Å². The van der Waals surface area contributed by atoms with E-state index in [1.54, 1.807) is 12.1 Å². The van der Waals surface area contributed by atoms with Crippen molar-refractivity contribution in [2.24, 2.45) is 0 Å². The zero-order valence-corrected chi connectivity index (χ0v) is 14.9. The number of sulfonamides is 1. The van der Waals surface area contributed by atoms with Gasteiger partial charge in [0.1, 0.15) is 5.75 Å². The summed E-state index contributed by atoms with van der Waals surface area (Å²) >= 11 is 6.71. The van der Waals surface area contributed by atoms with Crippen LogP contribution in [0, 0.1) is 0 Å². The molecular weight excluding hydrogens is 412 g/mol. The number of anilines is 1.